The van der Waals surface area contributed by atoms with Crippen molar-refractivity contribution in [2.45, 2.75) is 33.7 Å². The standard InChI is InChI=1S/C28H28N4O3/c1-18(2)30-27(33)21-9-8-10-22(16-21)31-26-25(35-24-14-19(3)13-20(4)15-24)17-29-32(28(26)34)23-11-6-5-7-12-23/h5-18,31H,1-4H3,(H,30,33). The van der Waals surface area contributed by atoms with Gasteiger partial charge in [0.05, 0.1) is 11.9 Å². The molecule has 0 aliphatic rings. The highest BCUT2D eigenvalue weighted by Gasteiger charge is 2.16. The minimum atomic E-state index is -0.380. The van der Waals surface area contributed by atoms with Crippen LogP contribution in [-0.2, 0) is 0 Å². The molecule has 178 valence electrons. The van der Waals surface area contributed by atoms with E-state index in [9.17, 15) is 9.59 Å². The van der Waals surface area contributed by atoms with Gasteiger partial charge in [-0.05, 0) is 81.3 Å². The molecule has 0 fully saturated rings. The highest BCUT2D eigenvalue weighted by Crippen LogP contribution is 2.30. The molecular weight excluding hydrogens is 440 g/mol. The average molecular weight is 469 g/mol. The molecule has 1 amide bonds. The summed E-state index contributed by atoms with van der Waals surface area (Å²) in [6, 6.07) is 22.0. The Balaban J connectivity index is 1.77. The fourth-order valence-electron chi connectivity index (χ4n) is 3.73. The van der Waals surface area contributed by atoms with Gasteiger partial charge in [-0.2, -0.15) is 9.78 Å². The summed E-state index contributed by atoms with van der Waals surface area (Å²) in [5.74, 6) is 0.699. The minimum Gasteiger partial charge on any atom is -0.453 e. The molecule has 0 saturated heterocycles. The van der Waals surface area contributed by atoms with Crippen LogP contribution >= 0.6 is 0 Å². The Hall–Kier alpha value is -4.39. The van der Waals surface area contributed by atoms with Gasteiger partial charge in [0.2, 0.25) is 0 Å². The molecule has 0 aliphatic carbocycles. The Morgan fingerprint density at radius 1 is 0.943 bits per heavy atom. The normalized spacial score (nSPS) is 10.8. The smallest absolute Gasteiger partial charge is 0.299 e. The summed E-state index contributed by atoms with van der Waals surface area (Å²) in [5, 5.41) is 10.4. The zero-order chi connectivity index (χ0) is 24.9. The van der Waals surface area contributed by atoms with Gasteiger partial charge in [-0.3, -0.25) is 9.59 Å². The van der Waals surface area contributed by atoms with E-state index in [1.807, 2.05) is 64.1 Å². The van der Waals surface area contributed by atoms with Crippen molar-refractivity contribution in [3.63, 3.8) is 0 Å². The molecule has 0 radical (unpaired) electrons. The Kier molecular flexibility index (Phi) is 6.96. The number of rotatable bonds is 7. The number of anilines is 2. The molecule has 0 unspecified atom stereocenters. The van der Waals surface area contributed by atoms with Crippen molar-refractivity contribution in [3.05, 3.63) is 106 Å². The lowest BCUT2D eigenvalue weighted by atomic mass is 10.1. The number of nitrogens with one attached hydrogen (secondary N) is 2. The molecular formula is C28H28N4O3. The van der Waals surface area contributed by atoms with E-state index < -0.39 is 0 Å². The molecule has 7 heteroatoms. The zero-order valence-corrected chi connectivity index (χ0v) is 20.2. The van der Waals surface area contributed by atoms with Crippen molar-refractivity contribution in [1.82, 2.24) is 15.1 Å². The van der Waals surface area contributed by atoms with Gasteiger partial charge in [0.1, 0.15) is 5.75 Å². The lowest BCUT2D eigenvalue weighted by Crippen LogP contribution is -2.30. The second kappa shape index (κ2) is 10.3. The number of aromatic nitrogens is 2. The molecule has 1 heterocycles. The van der Waals surface area contributed by atoms with Crippen LogP contribution in [0.1, 0.15) is 35.3 Å². The third kappa shape index (κ3) is 5.76. The van der Waals surface area contributed by atoms with E-state index in [2.05, 4.69) is 15.7 Å². The third-order valence-electron chi connectivity index (χ3n) is 5.18. The molecule has 7 nitrogen and oxygen atoms in total. The second-order valence-corrected chi connectivity index (χ2v) is 8.70. The van der Waals surface area contributed by atoms with Crippen molar-refractivity contribution in [2.24, 2.45) is 0 Å². The molecule has 2 N–H and O–H groups in total. The number of amides is 1. The fourth-order valence-corrected chi connectivity index (χ4v) is 3.73. The summed E-state index contributed by atoms with van der Waals surface area (Å²) in [5.41, 5.74) is 3.61. The quantitative estimate of drug-likeness (QED) is 0.373. The van der Waals surface area contributed by atoms with Gasteiger partial charge >= 0.3 is 0 Å². The number of carbonyl (C=O) groups excluding carboxylic acids is 1. The molecule has 1 aromatic heterocycles. The van der Waals surface area contributed by atoms with Crippen LogP contribution in [0.3, 0.4) is 0 Å². The first-order valence-electron chi connectivity index (χ1n) is 11.4. The summed E-state index contributed by atoms with van der Waals surface area (Å²) in [4.78, 5) is 26.1. The van der Waals surface area contributed by atoms with Gasteiger partial charge in [-0.15, -0.1) is 0 Å². The van der Waals surface area contributed by atoms with E-state index in [0.29, 0.717) is 22.7 Å². The number of nitrogens with zero attached hydrogens (tertiary/aromatic N) is 2. The first-order chi connectivity index (χ1) is 16.8. The highest BCUT2D eigenvalue weighted by atomic mass is 16.5. The first kappa shape index (κ1) is 23.8. The van der Waals surface area contributed by atoms with Gasteiger partial charge < -0.3 is 15.4 Å². The van der Waals surface area contributed by atoms with E-state index >= 15 is 0 Å². The molecule has 35 heavy (non-hydrogen) atoms. The van der Waals surface area contributed by atoms with Crippen LogP contribution in [0.4, 0.5) is 11.4 Å². The summed E-state index contributed by atoms with van der Waals surface area (Å²) < 4.78 is 7.44. The first-order valence-corrected chi connectivity index (χ1v) is 11.4. The minimum absolute atomic E-state index is 0.00942. The van der Waals surface area contributed by atoms with Crippen molar-refractivity contribution >= 4 is 17.3 Å². The van der Waals surface area contributed by atoms with Crippen LogP contribution in [0.5, 0.6) is 11.5 Å². The van der Waals surface area contributed by atoms with Gasteiger partial charge in [0, 0.05) is 17.3 Å². The number of hydrogen-bond acceptors (Lipinski definition) is 5. The van der Waals surface area contributed by atoms with Gasteiger partial charge in [-0.1, -0.05) is 30.3 Å². The Bertz CT molecular complexity index is 1390. The van der Waals surface area contributed by atoms with Crippen molar-refractivity contribution in [2.75, 3.05) is 5.32 Å². The molecule has 0 saturated carbocycles. The van der Waals surface area contributed by atoms with Crippen LogP contribution in [0.2, 0.25) is 0 Å². The number of aryl methyl sites for hydroxylation is 2. The topological polar surface area (TPSA) is 85.2 Å². The van der Waals surface area contributed by atoms with E-state index in [0.717, 1.165) is 11.1 Å². The molecule has 3 aromatic carbocycles. The van der Waals surface area contributed by atoms with Crippen molar-refractivity contribution in [1.29, 1.82) is 0 Å². The molecule has 0 spiro atoms. The maximum atomic E-state index is 13.6. The number of carbonyl (C=O) groups is 1. The Morgan fingerprint density at radius 3 is 2.34 bits per heavy atom. The predicted molar refractivity (Wildman–Crippen MR) is 138 cm³/mol. The molecule has 0 aliphatic heterocycles. The van der Waals surface area contributed by atoms with E-state index in [-0.39, 0.29) is 28.9 Å². The van der Waals surface area contributed by atoms with Gasteiger partial charge in [0.15, 0.2) is 11.4 Å². The molecule has 0 bridgehead atoms. The maximum Gasteiger partial charge on any atom is 0.299 e. The summed E-state index contributed by atoms with van der Waals surface area (Å²) in [6.45, 7) is 7.77. The predicted octanol–water partition coefficient (Wildman–Crippen LogP) is 5.52. The molecule has 0 atom stereocenters. The molecule has 4 aromatic rings. The number of para-hydroxylation sites is 1. The second-order valence-electron chi connectivity index (χ2n) is 8.70. The number of ether oxygens (including phenoxy) is 1. The third-order valence-corrected chi connectivity index (χ3v) is 5.18. The van der Waals surface area contributed by atoms with Crippen LogP contribution in [0.25, 0.3) is 5.69 Å². The number of hydrogen-bond donors (Lipinski definition) is 2. The zero-order valence-electron chi connectivity index (χ0n) is 20.2. The maximum absolute atomic E-state index is 13.6. The van der Waals surface area contributed by atoms with Crippen LogP contribution in [-0.4, -0.2) is 21.7 Å². The van der Waals surface area contributed by atoms with Crippen LogP contribution in [0.15, 0.2) is 83.8 Å². The largest absolute Gasteiger partial charge is 0.453 e. The van der Waals surface area contributed by atoms with Crippen molar-refractivity contribution < 1.29 is 9.53 Å². The fraction of sp³-hybridized carbons (Fsp3) is 0.179. The lowest BCUT2D eigenvalue weighted by Gasteiger charge is -2.16. The Morgan fingerprint density at radius 2 is 1.66 bits per heavy atom. The van der Waals surface area contributed by atoms with Gasteiger partial charge in [0.25, 0.3) is 11.5 Å². The number of benzene rings is 3. The van der Waals surface area contributed by atoms with Crippen LogP contribution < -0.4 is 20.9 Å². The van der Waals surface area contributed by atoms with Gasteiger partial charge in [-0.25, -0.2) is 0 Å². The van der Waals surface area contributed by atoms with E-state index in [1.54, 1.807) is 36.4 Å². The summed E-state index contributed by atoms with van der Waals surface area (Å²) in [7, 11) is 0. The van der Waals surface area contributed by atoms with Crippen molar-refractivity contribution in [3.8, 4) is 17.2 Å². The highest BCUT2D eigenvalue weighted by molar-refractivity contribution is 5.95. The van der Waals surface area contributed by atoms with E-state index in [4.69, 9.17) is 4.74 Å². The summed E-state index contributed by atoms with van der Waals surface area (Å²) in [6.07, 6.45) is 1.52. The van der Waals surface area contributed by atoms with E-state index in [1.165, 1.54) is 10.9 Å². The van der Waals surface area contributed by atoms with Crippen LogP contribution in [0, 0.1) is 13.8 Å². The molecule has 4 rings (SSSR count). The lowest BCUT2D eigenvalue weighted by molar-refractivity contribution is 0.0943. The average Bonchev–Trinajstić information content (AvgIpc) is 2.81. The summed E-state index contributed by atoms with van der Waals surface area (Å²) >= 11 is 0. The SMILES string of the molecule is Cc1cc(C)cc(Oc2cnn(-c3ccccc3)c(=O)c2Nc2cccc(C(=O)NC(C)C)c2)c1. The monoisotopic (exact) mass is 468 g/mol. The Labute approximate surface area is 204 Å².